The fraction of sp³-hybridized carbons (Fsp3) is 0.429. The van der Waals surface area contributed by atoms with Gasteiger partial charge in [-0.15, -0.1) is 0 Å². The minimum atomic E-state index is 1.02. The second-order valence-corrected chi connectivity index (χ2v) is 4.27. The predicted octanol–water partition coefficient (Wildman–Crippen LogP) is 4.25. The second kappa shape index (κ2) is 6.28. The third-order valence-electron chi connectivity index (χ3n) is 2.42. The molecule has 1 aromatic rings. The summed E-state index contributed by atoms with van der Waals surface area (Å²) in [5.74, 6) is 0. The predicted molar refractivity (Wildman–Crippen MR) is 66.9 cm³/mol. The maximum Gasteiger partial charge on any atom is 0.0185 e. The fourth-order valence-corrected chi connectivity index (χ4v) is 1.47. The van der Waals surface area contributed by atoms with Crippen molar-refractivity contribution in [2.24, 2.45) is 0 Å². The van der Waals surface area contributed by atoms with Crippen molar-refractivity contribution < 1.29 is 0 Å². The highest BCUT2D eigenvalue weighted by atomic mass is 14.7. The molecule has 0 aromatic carbocycles. The summed E-state index contributed by atoms with van der Waals surface area (Å²) in [4.78, 5) is 3.21. The lowest BCUT2D eigenvalue weighted by atomic mass is 10.1. The van der Waals surface area contributed by atoms with Crippen LogP contribution >= 0.6 is 0 Å². The Morgan fingerprint density at radius 1 is 1.27 bits per heavy atom. The first-order valence-electron chi connectivity index (χ1n) is 5.59. The zero-order chi connectivity index (χ0) is 11.1. The van der Waals surface area contributed by atoms with Gasteiger partial charge in [0.1, 0.15) is 0 Å². The summed E-state index contributed by atoms with van der Waals surface area (Å²) < 4.78 is 0. The maximum atomic E-state index is 3.21. The second-order valence-electron chi connectivity index (χ2n) is 4.27. The van der Waals surface area contributed by atoms with Crippen molar-refractivity contribution in [2.45, 2.75) is 40.0 Å². The van der Waals surface area contributed by atoms with Crippen LogP contribution in [0.25, 0.3) is 0 Å². The Morgan fingerprint density at radius 2 is 2.07 bits per heavy atom. The van der Waals surface area contributed by atoms with Crippen molar-refractivity contribution in [2.75, 3.05) is 0 Å². The molecule has 1 rings (SSSR count). The Bertz CT molecular complexity index is 324. The topological polar surface area (TPSA) is 15.8 Å². The first-order chi connectivity index (χ1) is 7.18. The molecule has 0 saturated carbocycles. The number of nitrogens with one attached hydrogen (secondary N) is 1. The van der Waals surface area contributed by atoms with Crippen LogP contribution in [-0.2, 0) is 6.42 Å². The van der Waals surface area contributed by atoms with Crippen LogP contribution in [0.4, 0.5) is 0 Å². The van der Waals surface area contributed by atoms with Crippen LogP contribution in [0.2, 0.25) is 0 Å². The zero-order valence-electron chi connectivity index (χ0n) is 10.0. The van der Waals surface area contributed by atoms with Crippen LogP contribution in [0.5, 0.6) is 0 Å². The lowest BCUT2D eigenvalue weighted by Gasteiger charge is -1.98. The number of hydrogen-bond donors (Lipinski definition) is 1. The van der Waals surface area contributed by atoms with Crippen LogP contribution in [0.1, 0.15) is 39.3 Å². The van der Waals surface area contributed by atoms with Crippen molar-refractivity contribution in [1.29, 1.82) is 0 Å². The summed E-state index contributed by atoms with van der Waals surface area (Å²) in [5, 5.41) is 0. The molecule has 1 heterocycles. The van der Waals surface area contributed by atoms with E-state index < -0.39 is 0 Å². The largest absolute Gasteiger partial charge is 0.365 e. The Kier molecular flexibility index (Phi) is 4.96. The summed E-state index contributed by atoms with van der Waals surface area (Å²) in [5.41, 5.74) is 4.17. The molecule has 1 aromatic heterocycles. The normalized spacial score (nSPS) is 11.5. The number of rotatable bonds is 5. The van der Waals surface area contributed by atoms with Crippen LogP contribution in [0, 0.1) is 0 Å². The van der Waals surface area contributed by atoms with Gasteiger partial charge in [0.15, 0.2) is 0 Å². The molecule has 0 aliphatic heterocycles. The van der Waals surface area contributed by atoms with Gasteiger partial charge in [-0.05, 0) is 45.7 Å². The van der Waals surface area contributed by atoms with Gasteiger partial charge in [-0.1, -0.05) is 23.3 Å². The van der Waals surface area contributed by atoms with E-state index in [-0.39, 0.29) is 0 Å². The summed E-state index contributed by atoms with van der Waals surface area (Å²) in [6.07, 6.45) is 9.94. The molecule has 1 N–H and O–H groups in total. The average molecular weight is 203 g/mol. The van der Waals surface area contributed by atoms with E-state index in [1.54, 1.807) is 0 Å². The zero-order valence-corrected chi connectivity index (χ0v) is 10.0. The third kappa shape index (κ3) is 5.26. The van der Waals surface area contributed by atoms with Gasteiger partial charge in [-0.3, -0.25) is 0 Å². The van der Waals surface area contributed by atoms with E-state index in [1.165, 1.54) is 23.3 Å². The minimum absolute atomic E-state index is 1.02. The van der Waals surface area contributed by atoms with Gasteiger partial charge < -0.3 is 4.98 Å². The quantitative estimate of drug-likeness (QED) is 0.689. The molecular weight excluding hydrogens is 182 g/mol. The highest BCUT2D eigenvalue weighted by Crippen LogP contribution is 2.08. The molecule has 0 bridgehead atoms. The van der Waals surface area contributed by atoms with E-state index in [9.17, 15) is 0 Å². The van der Waals surface area contributed by atoms with E-state index in [0.717, 1.165) is 12.8 Å². The first kappa shape index (κ1) is 11.8. The lowest BCUT2D eigenvalue weighted by molar-refractivity contribution is 0.952. The number of aromatic amines is 1. The van der Waals surface area contributed by atoms with E-state index in [2.05, 4.69) is 44.0 Å². The van der Waals surface area contributed by atoms with Gasteiger partial charge in [-0.25, -0.2) is 0 Å². The molecule has 0 fully saturated rings. The number of aromatic nitrogens is 1. The Hall–Kier alpha value is -1.24. The van der Waals surface area contributed by atoms with Crippen molar-refractivity contribution in [3.05, 3.63) is 47.3 Å². The molecule has 1 heteroatoms. The molecule has 0 atom stereocenters. The molecule has 0 aliphatic rings. The van der Waals surface area contributed by atoms with Crippen molar-refractivity contribution in [3.63, 3.8) is 0 Å². The van der Waals surface area contributed by atoms with E-state index in [1.807, 2.05) is 12.3 Å². The first-order valence-corrected chi connectivity index (χ1v) is 5.59. The number of H-pyrrole nitrogens is 1. The van der Waals surface area contributed by atoms with Gasteiger partial charge in [0.05, 0.1) is 0 Å². The maximum absolute atomic E-state index is 3.21. The molecule has 0 saturated heterocycles. The van der Waals surface area contributed by atoms with Crippen molar-refractivity contribution in [1.82, 2.24) is 4.98 Å². The van der Waals surface area contributed by atoms with Gasteiger partial charge in [0.2, 0.25) is 0 Å². The van der Waals surface area contributed by atoms with Gasteiger partial charge >= 0.3 is 0 Å². The summed E-state index contributed by atoms with van der Waals surface area (Å²) in [6.45, 7) is 6.51. The van der Waals surface area contributed by atoms with E-state index >= 15 is 0 Å². The summed E-state index contributed by atoms with van der Waals surface area (Å²) in [6, 6.07) is 4.17. The van der Waals surface area contributed by atoms with Crippen LogP contribution in [-0.4, -0.2) is 4.98 Å². The molecule has 0 aliphatic carbocycles. The standard InChI is InChI=1S/C14H21N/c1-12(2)6-4-7-13(3)9-10-14-8-5-11-15-14/h5-6,8-9,11,15H,4,7,10H2,1-3H3. The fourth-order valence-electron chi connectivity index (χ4n) is 1.47. The molecule has 1 nitrogen and oxygen atoms in total. The van der Waals surface area contributed by atoms with E-state index in [0.29, 0.717) is 0 Å². The molecular formula is C14H21N. The Balaban J connectivity index is 2.30. The van der Waals surface area contributed by atoms with Crippen LogP contribution in [0.15, 0.2) is 41.6 Å². The molecule has 15 heavy (non-hydrogen) atoms. The number of allylic oxidation sites excluding steroid dienone is 4. The summed E-state index contributed by atoms with van der Waals surface area (Å²) >= 11 is 0. The smallest absolute Gasteiger partial charge is 0.0185 e. The van der Waals surface area contributed by atoms with Gasteiger partial charge in [0.25, 0.3) is 0 Å². The SMILES string of the molecule is CC(C)=CCCC(C)=CCc1ccc[nH]1. The summed E-state index contributed by atoms with van der Waals surface area (Å²) in [7, 11) is 0. The van der Waals surface area contributed by atoms with Crippen LogP contribution in [0.3, 0.4) is 0 Å². The molecule has 82 valence electrons. The highest BCUT2D eigenvalue weighted by Gasteiger charge is 1.91. The van der Waals surface area contributed by atoms with Gasteiger partial charge in [0, 0.05) is 18.3 Å². The van der Waals surface area contributed by atoms with Crippen molar-refractivity contribution >= 4 is 0 Å². The molecule has 0 amide bonds. The monoisotopic (exact) mass is 203 g/mol. The lowest BCUT2D eigenvalue weighted by Crippen LogP contribution is -1.83. The molecule has 0 unspecified atom stereocenters. The molecule has 0 radical (unpaired) electrons. The Labute approximate surface area is 92.9 Å². The van der Waals surface area contributed by atoms with Crippen molar-refractivity contribution in [3.8, 4) is 0 Å². The van der Waals surface area contributed by atoms with Crippen LogP contribution < -0.4 is 0 Å². The molecule has 0 spiro atoms. The third-order valence-corrected chi connectivity index (χ3v) is 2.42. The van der Waals surface area contributed by atoms with Gasteiger partial charge in [-0.2, -0.15) is 0 Å². The average Bonchev–Trinajstić information content (AvgIpc) is 2.66. The number of hydrogen-bond acceptors (Lipinski definition) is 0. The minimum Gasteiger partial charge on any atom is -0.365 e. The Morgan fingerprint density at radius 3 is 2.67 bits per heavy atom. The highest BCUT2D eigenvalue weighted by molar-refractivity contribution is 5.11. The van der Waals surface area contributed by atoms with E-state index in [4.69, 9.17) is 0 Å².